The molecule has 1 aromatic heterocycles. The SMILES string of the molecule is COc1nc(F)cc(C(=O)Cl)c1C(F)F. The monoisotopic (exact) mass is 239 g/mol. The van der Waals surface area contributed by atoms with Crippen molar-refractivity contribution in [2.45, 2.75) is 6.43 Å². The Hall–Kier alpha value is -1.30. The Labute approximate surface area is 87.8 Å². The highest BCUT2D eigenvalue weighted by atomic mass is 35.5. The summed E-state index contributed by atoms with van der Waals surface area (Å²) in [5.74, 6) is -1.76. The van der Waals surface area contributed by atoms with Crippen molar-refractivity contribution < 1.29 is 22.7 Å². The summed E-state index contributed by atoms with van der Waals surface area (Å²) in [5, 5.41) is -1.19. The molecule has 3 nitrogen and oxygen atoms in total. The van der Waals surface area contributed by atoms with Crippen LogP contribution < -0.4 is 4.74 Å². The van der Waals surface area contributed by atoms with Crippen LogP contribution in [0, 0.1) is 5.95 Å². The molecule has 0 saturated heterocycles. The van der Waals surface area contributed by atoms with Gasteiger partial charge in [0.25, 0.3) is 11.7 Å². The molecule has 1 heterocycles. The van der Waals surface area contributed by atoms with Gasteiger partial charge in [-0.2, -0.15) is 9.37 Å². The maximum absolute atomic E-state index is 12.8. The number of pyridine rings is 1. The first-order valence-corrected chi connectivity index (χ1v) is 4.07. The molecule has 15 heavy (non-hydrogen) atoms. The molecule has 0 radical (unpaired) electrons. The van der Waals surface area contributed by atoms with Crippen molar-refractivity contribution in [1.82, 2.24) is 4.98 Å². The standard InChI is InChI=1S/C8H5ClF3NO2/c1-15-8-5(7(11)12)3(6(9)14)2-4(10)13-8/h2,7H,1H3. The molecule has 82 valence electrons. The number of ether oxygens (including phenoxy) is 1. The van der Waals surface area contributed by atoms with E-state index in [1.165, 1.54) is 0 Å². The lowest BCUT2D eigenvalue weighted by Crippen LogP contribution is -2.05. The van der Waals surface area contributed by atoms with Gasteiger partial charge >= 0.3 is 0 Å². The zero-order valence-corrected chi connectivity index (χ0v) is 8.19. The van der Waals surface area contributed by atoms with Crippen LogP contribution in [0.4, 0.5) is 13.2 Å². The number of aromatic nitrogens is 1. The summed E-state index contributed by atoms with van der Waals surface area (Å²) < 4.78 is 42.2. The van der Waals surface area contributed by atoms with E-state index in [1.54, 1.807) is 0 Å². The first kappa shape index (κ1) is 11.8. The van der Waals surface area contributed by atoms with E-state index in [-0.39, 0.29) is 0 Å². The average Bonchev–Trinajstić information content (AvgIpc) is 2.15. The molecule has 1 aromatic rings. The van der Waals surface area contributed by atoms with Crippen molar-refractivity contribution in [3.8, 4) is 5.88 Å². The maximum Gasteiger partial charge on any atom is 0.269 e. The van der Waals surface area contributed by atoms with Gasteiger partial charge in [-0.05, 0) is 11.6 Å². The summed E-state index contributed by atoms with van der Waals surface area (Å²) >= 11 is 5.03. The van der Waals surface area contributed by atoms with E-state index in [0.717, 1.165) is 7.11 Å². The number of carbonyl (C=O) groups excluding carboxylic acids is 1. The van der Waals surface area contributed by atoms with Gasteiger partial charge in [-0.25, -0.2) is 8.78 Å². The van der Waals surface area contributed by atoms with Gasteiger partial charge < -0.3 is 4.74 Å². The van der Waals surface area contributed by atoms with Gasteiger partial charge in [-0.1, -0.05) is 0 Å². The minimum Gasteiger partial charge on any atom is -0.481 e. The van der Waals surface area contributed by atoms with Crippen molar-refractivity contribution in [2.75, 3.05) is 7.11 Å². The van der Waals surface area contributed by atoms with Crippen molar-refractivity contribution in [3.63, 3.8) is 0 Å². The van der Waals surface area contributed by atoms with Gasteiger partial charge in [0.1, 0.15) is 0 Å². The summed E-state index contributed by atoms with van der Waals surface area (Å²) in [5.41, 5.74) is -1.45. The molecule has 0 aliphatic heterocycles. The van der Waals surface area contributed by atoms with Gasteiger partial charge in [0.05, 0.1) is 18.2 Å². The van der Waals surface area contributed by atoms with E-state index in [0.29, 0.717) is 6.07 Å². The molecular weight excluding hydrogens is 235 g/mol. The van der Waals surface area contributed by atoms with E-state index in [2.05, 4.69) is 9.72 Å². The normalized spacial score (nSPS) is 10.5. The molecule has 0 atom stereocenters. The highest BCUT2D eigenvalue weighted by Crippen LogP contribution is 2.31. The van der Waals surface area contributed by atoms with Crippen LogP contribution in [-0.4, -0.2) is 17.3 Å². The largest absolute Gasteiger partial charge is 0.481 e. The predicted molar refractivity (Wildman–Crippen MR) is 45.9 cm³/mol. The second-order valence-electron chi connectivity index (χ2n) is 2.49. The topological polar surface area (TPSA) is 39.2 Å². The third-order valence-corrected chi connectivity index (χ3v) is 1.82. The third kappa shape index (κ3) is 2.38. The van der Waals surface area contributed by atoms with Crippen LogP contribution in [0.3, 0.4) is 0 Å². The highest BCUT2D eigenvalue weighted by Gasteiger charge is 2.24. The summed E-state index contributed by atoms with van der Waals surface area (Å²) in [7, 11) is 1.04. The fourth-order valence-corrected chi connectivity index (χ4v) is 1.19. The van der Waals surface area contributed by atoms with E-state index < -0.39 is 34.6 Å². The van der Waals surface area contributed by atoms with Crippen LogP contribution in [0.1, 0.15) is 22.3 Å². The van der Waals surface area contributed by atoms with Crippen molar-refractivity contribution >= 4 is 16.8 Å². The van der Waals surface area contributed by atoms with E-state index >= 15 is 0 Å². The van der Waals surface area contributed by atoms with Gasteiger partial charge in [0.15, 0.2) is 0 Å². The fraction of sp³-hybridized carbons (Fsp3) is 0.250. The number of hydrogen-bond donors (Lipinski definition) is 0. The van der Waals surface area contributed by atoms with Crippen LogP contribution in [0.5, 0.6) is 5.88 Å². The third-order valence-electron chi connectivity index (χ3n) is 1.62. The highest BCUT2D eigenvalue weighted by molar-refractivity contribution is 6.68. The Balaban J connectivity index is 3.47. The van der Waals surface area contributed by atoms with Crippen LogP contribution in [0.2, 0.25) is 0 Å². The summed E-state index contributed by atoms with van der Waals surface area (Å²) in [6, 6.07) is 0.541. The first-order valence-electron chi connectivity index (χ1n) is 3.69. The molecule has 0 fully saturated rings. The molecule has 0 saturated carbocycles. The second-order valence-corrected chi connectivity index (χ2v) is 2.83. The van der Waals surface area contributed by atoms with Crippen LogP contribution in [0.25, 0.3) is 0 Å². The summed E-state index contributed by atoms with van der Waals surface area (Å²) in [6.07, 6.45) is -3.02. The predicted octanol–water partition coefficient (Wildman–Crippen LogP) is 2.55. The zero-order chi connectivity index (χ0) is 11.6. The van der Waals surface area contributed by atoms with Gasteiger partial charge in [0.2, 0.25) is 11.8 Å². The first-order chi connectivity index (χ1) is 6.97. The van der Waals surface area contributed by atoms with Crippen LogP contribution in [0.15, 0.2) is 6.07 Å². The lowest BCUT2D eigenvalue weighted by atomic mass is 10.1. The van der Waals surface area contributed by atoms with E-state index in [4.69, 9.17) is 11.6 Å². The summed E-state index contributed by atoms with van der Waals surface area (Å²) in [4.78, 5) is 13.8. The van der Waals surface area contributed by atoms with Crippen molar-refractivity contribution in [3.05, 3.63) is 23.1 Å². The molecule has 0 spiro atoms. The Morgan fingerprint density at radius 2 is 2.20 bits per heavy atom. The number of nitrogens with zero attached hydrogens (tertiary/aromatic N) is 1. The fourth-order valence-electron chi connectivity index (χ4n) is 1.03. The quantitative estimate of drug-likeness (QED) is 0.601. The Morgan fingerprint density at radius 1 is 1.60 bits per heavy atom. The van der Waals surface area contributed by atoms with Crippen molar-refractivity contribution in [2.24, 2.45) is 0 Å². The number of hydrogen-bond acceptors (Lipinski definition) is 3. The summed E-state index contributed by atoms with van der Waals surface area (Å²) in [6.45, 7) is 0. The van der Waals surface area contributed by atoms with Crippen LogP contribution in [-0.2, 0) is 0 Å². The zero-order valence-electron chi connectivity index (χ0n) is 7.43. The van der Waals surface area contributed by atoms with Crippen LogP contribution >= 0.6 is 11.6 Å². The Morgan fingerprint density at radius 3 is 2.60 bits per heavy atom. The number of alkyl halides is 2. The number of methoxy groups -OCH3 is 1. The maximum atomic E-state index is 12.8. The lowest BCUT2D eigenvalue weighted by molar-refractivity contribution is 0.106. The molecule has 7 heteroatoms. The molecule has 1 rings (SSSR count). The molecule has 0 bridgehead atoms. The molecule has 0 aliphatic rings. The minimum absolute atomic E-state index is 0.541. The Bertz CT molecular complexity index is 398. The molecule has 0 N–H and O–H groups in total. The molecular formula is C8H5ClF3NO2. The number of carbonyl (C=O) groups is 1. The van der Waals surface area contributed by atoms with Gasteiger partial charge in [-0.3, -0.25) is 4.79 Å². The minimum atomic E-state index is -3.02. The molecule has 0 amide bonds. The number of halogens is 4. The lowest BCUT2D eigenvalue weighted by Gasteiger charge is -2.09. The van der Waals surface area contributed by atoms with E-state index in [9.17, 15) is 18.0 Å². The molecule has 0 unspecified atom stereocenters. The van der Waals surface area contributed by atoms with Gasteiger partial charge in [-0.15, -0.1) is 0 Å². The van der Waals surface area contributed by atoms with Gasteiger partial charge in [0, 0.05) is 6.07 Å². The Kier molecular flexibility index (Phi) is 3.52. The number of rotatable bonds is 3. The molecule has 0 aliphatic carbocycles. The second kappa shape index (κ2) is 4.48. The molecule has 0 aromatic carbocycles. The van der Waals surface area contributed by atoms with E-state index in [1.807, 2.05) is 0 Å². The smallest absolute Gasteiger partial charge is 0.269 e. The van der Waals surface area contributed by atoms with Crippen molar-refractivity contribution in [1.29, 1.82) is 0 Å². The average molecular weight is 240 g/mol.